The largest absolute Gasteiger partial charge is 0.356 e. The van der Waals surface area contributed by atoms with E-state index in [4.69, 9.17) is 0 Å². The first-order valence-corrected chi connectivity index (χ1v) is 8.70. The van der Waals surface area contributed by atoms with Crippen molar-refractivity contribution in [1.82, 2.24) is 25.2 Å². The van der Waals surface area contributed by atoms with E-state index in [9.17, 15) is 0 Å². The van der Waals surface area contributed by atoms with Gasteiger partial charge >= 0.3 is 0 Å². The van der Waals surface area contributed by atoms with Gasteiger partial charge in [0.1, 0.15) is 11.6 Å². The molecule has 0 radical (unpaired) electrons. The molecule has 2 heterocycles. The van der Waals surface area contributed by atoms with Crippen LogP contribution in [0.3, 0.4) is 0 Å². The number of hydrogen-bond acceptors (Lipinski definition) is 3. The third-order valence-electron chi connectivity index (χ3n) is 4.11. The van der Waals surface area contributed by atoms with E-state index >= 15 is 0 Å². The van der Waals surface area contributed by atoms with Gasteiger partial charge in [-0.25, -0.2) is 9.97 Å². The summed E-state index contributed by atoms with van der Waals surface area (Å²) < 4.78 is 1.96. The lowest BCUT2D eigenvalue weighted by molar-refractivity contribution is 0.792. The molecule has 7 heteroatoms. The van der Waals surface area contributed by atoms with Crippen LogP contribution in [-0.4, -0.2) is 34.1 Å². The van der Waals surface area contributed by atoms with Crippen LogP contribution in [0.1, 0.15) is 17.0 Å². The van der Waals surface area contributed by atoms with Gasteiger partial charge in [0.2, 0.25) is 0 Å². The van der Waals surface area contributed by atoms with Crippen molar-refractivity contribution in [1.29, 1.82) is 0 Å². The number of aliphatic imine (C=N–C) groups is 1. The third kappa shape index (κ3) is 6.06. The summed E-state index contributed by atoms with van der Waals surface area (Å²) in [6.07, 6.45) is 6.52. The molecule has 1 aromatic carbocycles. The van der Waals surface area contributed by atoms with Gasteiger partial charge < -0.3 is 10.6 Å². The fraction of sp³-hybridized carbons (Fsp3) is 0.250. The van der Waals surface area contributed by atoms with Gasteiger partial charge in [0.05, 0.1) is 0 Å². The van der Waals surface area contributed by atoms with E-state index in [2.05, 4.69) is 55.9 Å². The average Bonchev–Trinajstić information content (AvgIpc) is 3.12. The van der Waals surface area contributed by atoms with Crippen molar-refractivity contribution in [3.05, 3.63) is 78.0 Å². The summed E-state index contributed by atoms with van der Waals surface area (Å²) in [5.41, 5.74) is 2.41. The summed E-state index contributed by atoms with van der Waals surface area (Å²) in [5, 5.41) is 6.65. The number of nitrogens with one attached hydrogen (secondary N) is 2. The van der Waals surface area contributed by atoms with Gasteiger partial charge in [0.25, 0.3) is 0 Å². The first-order valence-electron chi connectivity index (χ1n) is 8.70. The summed E-state index contributed by atoms with van der Waals surface area (Å²) in [6, 6.07) is 14.5. The standard InChI is InChI=1S/C20H24N6.HI/c1-16-22-12-13-26(16)19-9-8-18(14-24-19)15-25-20(21-2)23-11-10-17-6-4-3-5-7-17;/h3-9,12-14H,10-11,15H2,1-2H3,(H2,21,23,25);1H. The number of aryl methyl sites for hydroxylation is 1. The van der Waals surface area contributed by atoms with E-state index in [-0.39, 0.29) is 24.0 Å². The minimum absolute atomic E-state index is 0. The van der Waals surface area contributed by atoms with Gasteiger partial charge in [0.15, 0.2) is 5.96 Å². The van der Waals surface area contributed by atoms with Gasteiger partial charge in [-0.3, -0.25) is 9.56 Å². The Morgan fingerprint density at radius 3 is 2.48 bits per heavy atom. The maximum absolute atomic E-state index is 4.51. The Bertz CT molecular complexity index is 842. The highest BCUT2D eigenvalue weighted by atomic mass is 127. The average molecular weight is 476 g/mol. The van der Waals surface area contributed by atoms with Gasteiger partial charge in [0, 0.05) is 38.7 Å². The molecule has 6 nitrogen and oxygen atoms in total. The van der Waals surface area contributed by atoms with Crippen molar-refractivity contribution >= 4 is 29.9 Å². The van der Waals surface area contributed by atoms with Crippen LogP contribution in [-0.2, 0) is 13.0 Å². The van der Waals surface area contributed by atoms with Crippen LogP contribution in [0, 0.1) is 6.92 Å². The van der Waals surface area contributed by atoms with Crippen molar-refractivity contribution in [3.63, 3.8) is 0 Å². The van der Waals surface area contributed by atoms with Crippen molar-refractivity contribution < 1.29 is 0 Å². The fourth-order valence-electron chi connectivity index (χ4n) is 2.66. The Balaban J connectivity index is 0.00000261. The minimum Gasteiger partial charge on any atom is -0.356 e. The van der Waals surface area contributed by atoms with Crippen LogP contribution in [0.2, 0.25) is 0 Å². The van der Waals surface area contributed by atoms with Crippen LogP contribution in [0.4, 0.5) is 0 Å². The molecule has 0 aliphatic rings. The first kappa shape index (κ1) is 20.9. The van der Waals surface area contributed by atoms with Crippen molar-refractivity contribution in [2.75, 3.05) is 13.6 Å². The number of aromatic nitrogens is 3. The Morgan fingerprint density at radius 1 is 1.04 bits per heavy atom. The Hall–Kier alpha value is -2.42. The second-order valence-electron chi connectivity index (χ2n) is 5.96. The topological polar surface area (TPSA) is 67.1 Å². The monoisotopic (exact) mass is 476 g/mol. The van der Waals surface area contributed by atoms with Crippen molar-refractivity contribution in [3.8, 4) is 5.82 Å². The molecule has 0 saturated carbocycles. The number of nitrogens with zero attached hydrogens (tertiary/aromatic N) is 4. The zero-order chi connectivity index (χ0) is 18.2. The van der Waals surface area contributed by atoms with E-state index in [1.54, 1.807) is 13.2 Å². The minimum atomic E-state index is 0. The highest BCUT2D eigenvalue weighted by molar-refractivity contribution is 14.0. The van der Waals surface area contributed by atoms with Crippen molar-refractivity contribution in [2.45, 2.75) is 19.9 Å². The molecule has 0 aliphatic carbocycles. The van der Waals surface area contributed by atoms with Crippen LogP contribution >= 0.6 is 24.0 Å². The lowest BCUT2D eigenvalue weighted by Gasteiger charge is -2.12. The van der Waals surface area contributed by atoms with Crippen LogP contribution in [0.15, 0.2) is 66.0 Å². The second-order valence-corrected chi connectivity index (χ2v) is 5.96. The third-order valence-corrected chi connectivity index (χ3v) is 4.11. The number of guanidine groups is 1. The zero-order valence-electron chi connectivity index (χ0n) is 15.6. The van der Waals surface area contributed by atoms with Crippen LogP contribution < -0.4 is 10.6 Å². The molecule has 0 saturated heterocycles. The zero-order valence-corrected chi connectivity index (χ0v) is 17.9. The molecule has 2 aromatic heterocycles. The summed E-state index contributed by atoms with van der Waals surface area (Å²) in [4.78, 5) is 13.0. The van der Waals surface area contributed by atoms with Gasteiger partial charge in [-0.2, -0.15) is 0 Å². The molecule has 3 aromatic rings. The number of benzene rings is 1. The Morgan fingerprint density at radius 2 is 1.85 bits per heavy atom. The summed E-state index contributed by atoms with van der Waals surface area (Å²) in [6.45, 7) is 3.46. The molecular weight excluding hydrogens is 451 g/mol. The lowest BCUT2D eigenvalue weighted by Crippen LogP contribution is -2.37. The summed E-state index contributed by atoms with van der Waals surface area (Å²) in [7, 11) is 1.78. The van der Waals surface area contributed by atoms with E-state index in [0.717, 1.165) is 36.1 Å². The smallest absolute Gasteiger partial charge is 0.191 e. The first-order chi connectivity index (χ1) is 12.8. The normalized spacial score (nSPS) is 11.0. The van der Waals surface area contributed by atoms with Crippen LogP contribution in [0.5, 0.6) is 0 Å². The van der Waals surface area contributed by atoms with E-state index < -0.39 is 0 Å². The molecular formula is C20H25IN6. The molecule has 3 rings (SSSR count). The lowest BCUT2D eigenvalue weighted by atomic mass is 10.1. The quantitative estimate of drug-likeness (QED) is 0.326. The second kappa shape index (κ2) is 10.7. The van der Waals surface area contributed by atoms with Gasteiger partial charge in [-0.15, -0.1) is 24.0 Å². The number of rotatable bonds is 6. The number of hydrogen-bond donors (Lipinski definition) is 2. The molecule has 0 atom stereocenters. The maximum Gasteiger partial charge on any atom is 0.191 e. The predicted molar refractivity (Wildman–Crippen MR) is 120 cm³/mol. The van der Waals surface area contributed by atoms with Gasteiger partial charge in [-0.1, -0.05) is 36.4 Å². The Labute approximate surface area is 177 Å². The van der Waals surface area contributed by atoms with Gasteiger partial charge in [-0.05, 0) is 30.5 Å². The fourth-order valence-corrected chi connectivity index (χ4v) is 2.66. The summed E-state index contributed by atoms with van der Waals surface area (Å²) in [5.74, 6) is 2.58. The molecule has 0 bridgehead atoms. The molecule has 0 amide bonds. The molecule has 142 valence electrons. The maximum atomic E-state index is 4.51. The highest BCUT2D eigenvalue weighted by Crippen LogP contribution is 2.08. The number of pyridine rings is 1. The Kier molecular flexibility index (Phi) is 8.25. The summed E-state index contributed by atoms with van der Waals surface area (Å²) >= 11 is 0. The van der Waals surface area contributed by atoms with E-state index in [1.165, 1.54) is 5.56 Å². The predicted octanol–water partition coefficient (Wildman–Crippen LogP) is 3.10. The van der Waals surface area contributed by atoms with Crippen molar-refractivity contribution in [2.24, 2.45) is 4.99 Å². The molecule has 0 spiro atoms. The number of imidazole rings is 1. The molecule has 0 fully saturated rings. The molecule has 27 heavy (non-hydrogen) atoms. The molecule has 0 aliphatic heterocycles. The van der Waals surface area contributed by atoms with Crippen LogP contribution in [0.25, 0.3) is 5.82 Å². The van der Waals surface area contributed by atoms with E-state index in [1.807, 2.05) is 36.0 Å². The highest BCUT2D eigenvalue weighted by Gasteiger charge is 2.03. The molecule has 2 N–H and O–H groups in total. The SMILES string of the molecule is CN=C(NCCc1ccccc1)NCc1ccc(-n2ccnc2C)nc1.I. The number of halogens is 1. The molecule has 0 unspecified atom stereocenters. The van der Waals surface area contributed by atoms with E-state index in [0.29, 0.717) is 6.54 Å².